The van der Waals surface area contributed by atoms with Crippen LogP contribution in [0.3, 0.4) is 0 Å². The second kappa shape index (κ2) is 8.18. The van der Waals surface area contributed by atoms with Gasteiger partial charge in [-0.1, -0.05) is 53.1 Å². The van der Waals surface area contributed by atoms with E-state index in [1.807, 2.05) is 12.3 Å². The number of rotatable bonds is 7. The first-order chi connectivity index (χ1) is 12.7. The lowest BCUT2D eigenvalue weighted by Gasteiger charge is -2.41. The molecule has 2 heterocycles. The molecule has 0 amide bonds. The summed E-state index contributed by atoms with van der Waals surface area (Å²) in [6, 6.07) is 1.98. The molecule has 0 saturated carbocycles. The van der Waals surface area contributed by atoms with Gasteiger partial charge in [0.05, 0.1) is 24.1 Å². The van der Waals surface area contributed by atoms with Gasteiger partial charge in [-0.3, -0.25) is 0 Å². The van der Waals surface area contributed by atoms with Crippen molar-refractivity contribution in [2.24, 2.45) is 0 Å². The number of fused-ring (bicyclic) bond motifs is 1. The van der Waals surface area contributed by atoms with Gasteiger partial charge in [-0.15, -0.1) is 0 Å². The summed E-state index contributed by atoms with van der Waals surface area (Å²) in [4.78, 5) is 8.60. The molecule has 0 fully saturated rings. The highest BCUT2D eigenvalue weighted by molar-refractivity contribution is 6.74. The monoisotopic (exact) mass is 441 g/mol. The molecule has 28 heavy (non-hydrogen) atoms. The standard InChI is InChI=1S/C20H36ClN3O2Si2/c1-18(2,3)27-25-12-20(7,13-26-28(8,9)19(4,5)6)24-11-10-15-16(21)22-14-23-17(15)24/h10-11,14H,12-13,27H2,1-9H3. The van der Waals surface area contributed by atoms with E-state index in [-0.39, 0.29) is 15.6 Å². The van der Waals surface area contributed by atoms with E-state index in [4.69, 9.17) is 20.5 Å². The van der Waals surface area contributed by atoms with E-state index in [2.05, 4.69) is 76.1 Å². The van der Waals surface area contributed by atoms with Crippen molar-refractivity contribution < 1.29 is 8.85 Å². The minimum Gasteiger partial charge on any atom is -0.421 e. The SMILES string of the molecule is CC(C)(C)[SiH2]OCC(C)(CO[Si](C)(C)C(C)(C)C)n1ccc2c(Cl)ncnc21. The zero-order chi connectivity index (χ0) is 21.4. The number of hydrogen-bond donors (Lipinski definition) is 0. The molecule has 0 aliphatic heterocycles. The maximum atomic E-state index is 6.62. The number of halogens is 1. The molecular weight excluding hydrogens is 406 g/mol. The fourth-order valence-corrected chi connectivity index (χ4v) is 5.12. The first-order valence-corrected chi connectivity index (χ1v) is 14.4. The van der Waals surface area contributed by atoms with Crippen LogP contribution in [-0.2, 0) is 14.4 Å². The number of nitrogens with zero attached hydrogens (tertiary/aromatic N) is 3. The summed E-state index contributed by atoms with van der Waals surface area (Å²) in [6.07, 6.45) is 3.54. The maximum absolute atomic E-state index is 6.62. The molecule has 5 nitrogen and oxygen atoms in total. The Kier molecular flexibility index (Phi) is 6.88. The minimum absolute atomic E-state index is 0.152. The summed E-state index contributed by atoms with van der Waals surface area (Å²) >= 11 is 6.28. The van der Waals surface area contributed by atoms with Crippen molar-refractivity contribution in [2.75, 3.05) is 13.2 Å². The van der Waals surface area contributed by atoms with Crippen molar-refractivity contribution in [3.05, 3.63) is 23.7 Å². The third-order valence-electron chi connectivity index (χ3n) is 5.51. The van der Waals surface area contributed by atoms with Gasteiger partial charge in [0, 0.05) is 6.20 Å². The van der Waals surface area contributed by atoms with Gasteiger partial charge in [-0.25, -0.2) is 9.97 Å². The third-order valence-corrected chi connectivity index (χ3v) is 11.6. The van der Waals surface area contributed by atoms with Crippen LogP contribution in [0.4, 0.5) is 0 Å². The van der Waals surface area contributed by atoms with Gasteiger partial charge in [0.2, 0.25) is 0 Å². The first kappa shape index (κ1) is 23.5. The van der Waals surface area contributed by atoms with E-state index >= 15 is 0 Å². The van der Waals surface area contributed by atoms with Gasteiger partial charge in [0.15, 0.2) is 18.1 Å². The van der Waals surface area contributed by atoms with E-state index in [9.17, 15) is 0 Å². The minimum atomic E-state index is -1.90. The highest BCUT2D eigenvalue weighted by Gasteiger charge is 2.40. The molecule has 0 aliphatic carbocycles. The molecule has 8 heteroatoms. The van der Waals surface area contributed by atoms with Gasteiger partial charge in [-0.2, -0.15) is 0 Å². The average Bonchev–Trinajstić information content (AvgIpc) is 2.97. The van der Waals surface area contributed by atoms with Crippen LogP contribution in [0.1, 0.15) is 48.5 Å². The van der Waals surface area contributed by atoms with Gasteiger partial charge in [0.25, 0.3) is 0 Å². The third kappa shape index (κ3) is 5.45. The van der Waals surface area contributed by atoms with Crippen molar-refractivity contribution >= 4 is 40.7 Å². The van der Waals surface area contributed by atoms with Crippen LogP contribution in [0, 0.1) is 0 Å². The Morgan fingerprint density at radius 3 is 2.29 bits per heavy atom. The summed E-state index contributed by atoms with van der Waals surface area (Å²) in [5.74, 6) is 0. The average molecular weight is 442 g/mol. The van der Waals surface area contributed by atoms with Gasteiger partial charge >= 0.3 is 0 Å². The van der Waals surface area contributed by atoms with Crippen LogP contribution in [0.15, 0.2) is 18.6 Å². The smallest absolute Gasteiger partial charge is 0.192 e. The number of aromatic nitrogens is 3. The zero-order valence-electron chi connectivity index (χ0n) is 18.9. The Bertz CT molecular complexity index is 812. The first-order valence-electron chi connectivity index (χ1n) is 9.86. The summed E-state index contributed by atoms with van der Waals surface area (Å²) < 4.78 is 15.1. The normalized spacial score (nSPS) is 16.2. The molecule has 0 aromatic carbocycles. The molecule has 0 aliphatic rings. The van der Waals surface area contributed by atoms with Crippen molar-refractivity contribution in [2.45, 2.75) is 77.2 Å². The summed E-state index contributed by atoms with van der Waals surface area (Å²) in [5, 5.41) is 1.72. The van der Waals surface area contributed by atoms with Gasteiger partial charge in [-0.05, 0) is 36.2 Å². The molecule has 1 atom stereocenters. The molecule has 158 valence electrons. The second-order valence-electron chi connectivity index (χ2n) is 10.7. The van der Waals surface area contributed by atoms with Crippen molar-refractivity contribution in [1.29, 1.82) is 0 Å². The van der Waals surface area contributed by atoms with E-state index in [1.54, 1.807) is 0 Å². The molecule has 2 rings (SSSR count). The van der Waals surface area contributed by atoms with E-state index in [0.717, 1.165) is 11.0 Å². The highest BCUT2D eigenvalue weighted by Crippen LogP contribution is 2.38. The van der Waals surface area contributed by atoms with Crippen LogP contribution in [0.2, 0.25) is 28.3 Å². The lowest BCUT2D eigenvalue weighted by Crippen LogP contribution is -2.48. The molecule has 0 radical (unpaired) electrons. The summed E-state index contributed by atoms with van der Waals surface area (Å²) in [6.45, 7) is 21.4. The Labute approximate surface area is 178 Å². The largest absolute Gasteiger partial charge is 0.421 e. The topological polar surface area (TPSA) is 49.2 Å². The molecule has 2 aromatic rings. The fourth-order valence-electron chi connectivity index (χ4n) is 2.67. The van der Waals surface area contributed by atoms with Crippen LogP contribution in [0.25, 0.3) is 11.0 Å². The summed E-state index contributed by atoms with van der Waals surface area (Å²) in [7, 11) is -2.57. The van der Waals surface area contributed by atoms with Crippen LogP contribution in [-0.4, -0.2) is 45.8 Å². The van der Waals surface area contributed by atoms with Crippen LogP contribution in [0.5, 0.6) is 0 Å². The Morgan fingerprint density at radius 1 is 1.07 bits per heavy atom. The summed E-state index contributed by atoms with van der Waals surface area (Å²) in [5.41, 5.74) is 0.454. The predicted octanol–water partition coefficient (Wildman–Crippen LogP) is 5.14. The predicted molar refractivity (Wildman–Crippen MR) is 124 cm³/mol. The molecule has 1 unspecified atom stereocenters. The van der Waals surface area contributed by atoms with E-state index < -0.39 is 18.1 Å². The second-order valence-corrected chi connectivity index (χ2v) is 18.7. The molecule has 0 spiro atoms. The highest BCUT2D eigenvalue weighted by atomic mass is 35.5. The molecule has 2 aromatic heterocycles. The molecule has 0 N–H and O–H groups in total. The molecule has 0 saturated heterocycles. The van der Waals surface area contributed by atoms with Gasteiger partial charge < -0.3 is 13.4 Å². The Hall–Kier alpha value is -0.736. The number of hydrogen-bond acceptors (Lipinski definition) is 4. The van der Waals surface area contributed by atoms with E-state index in [0.29, 0.717) is 18.4 Å². The van der Waals surface area contributed by atoms with E-state index in [1.165, 1.54) is 6.33 Å². The lowest BCUT2D eigenvalue weighted by atomic mass is 10.1. The van der Waals surface area contributed by atoms with Crippen molar-refractivity contribution in [3.63, 3.8) is 0 Å². The van der Waals surface area contributed by atoms with Gasteiger partial charge in [0.1, 0.15) is 17.1 Å². The molecule has 0 bridgehead atoms. The molecular formula is C20H36ClN3O2Si2. The van der Waals surface area contributed by atoms with Crippen LogP contribution < -0.4 is 0 Å². The van der Waals surface area contributed by atoms with Crippen molar-refractivity contribution in [3.8, 4) is 0 Å². The van der Waals surface area contributed by atoms with Crippen molar-refractivity contribution in [1.82, 2.24) is 14.5 Å². The Morgan fingerprint density at radius 2 is 1.71 bits per heavy atom. The fraction of sp³-hybridized carbons (Fsp3) is 0.700. The zero-order valence-corrected chi connectivity index (χ0v) is 22.1. The Balaban J connectivity index is 2.36. The maximum Gasteiger partial charge on any atom is 0.192 e. The lowest BCUT2D eigenvalue weighted by molar-refractivity contribution is 0.0971. The van der Waals surface area contributed by atoms with Crippen LogP contribution >= 0.6 is 11.6 Å². The quantitative estimate of drug-likeness (QED) is 0.440.